The predicted octanol–water partition coefficient (Wildman–Crippen LogP) is 5.09. The van der Waals surface area contributed by atoms with E-state index in [4.69, 9.17) is 0 Å². The van der Waals surface area contributed by atoms with Crippen molar-refractivity contribution in [2.45, 2.75) is 73.1 Å². The first-order valence-corrected chi connectivity index (χ1v) is 7.51. The van der Waals surface area contributed by atoms with Crippen molar-refractivity contribution in [3.8, 4) is 0 Å². The lowest BCUT2D eigenvalue weighted by atomic mass is 9.75. The van der Waals surface area contributed by atoms with E-state index in [1.165, 1.54) is 44.8 Å². The molecule has 0 N–H and O–H groups in total. The minimum absolute atomic E-state index is 0.232. The van der Waals surface area contributed by atoms with Gasteiger partial charge in [0.2, 0.25) is 0 Å². The van der Waals surface area contributed by atoms with Crippen LogP contribution in [0.15, 0.2) is 0 Å². The number of aldehydes is 1. The van der Waals surface area contributed by atoms with Crippen LogP contribution >= 0.6 is 0 Å². The van der Waals surface area contributed by atoms with Crippen LogP contribution in [-0.4, -0.2) is 6.29 Å². The largest absolute Gasteiger partial charge is 0.303 e. The molecule has 3 atom stereocenters. The van der Waals surface area contributed by atoms with E-state index in [9.17, 15) is 4.79 Å². The van der Waals surface area contributed by atoms with Crippen molar-refractivity contribution in [1.82, 2.24) is 0 Å². The standard InChI is InChI=1S/C16H32O/c1-6-8-9-10-16(14(5)12-17)15(7-2)11-13(3)4/h12-16H,6-11H2,1-5H3. The zero-order chi connectivity index (χ0) is 13.3. The molecule has 0 spiro atoms. The van der Waals surface area contributed by atoms with Gasteiger partial charge in [0, 0.05) is 5.92 Å². The molecule has 0 rings (SSSR count). The molecule has 0 bridgehead atoms. The van der Waals surface area contributed by atoms with Crippen LogP contribution < -0.4 is 0 Å². The van der Waals surface area contributed by atoms with Crippen molar-refractivity contribution in [2.24, 2.45) is 23.7 Å². The van der Waals surface area contributed by atoms with Crippen molar-refractivity contribution in [2.75, 3.05) is 0 Å². The maximum Gasteiger partial charge on any atom is 0.123 e. The van der Waals surface area contributed by atoms with Gasteiger partial charge in [-0.05, 0) is 30.6 Å². The summed E-state index contributed by atoms with van der Waals surface area (Å²) in [5.41, 5.74) is 0. The molecule has 0 aliphatic heterocycles. The Bertz CT molecular complexity index is 186. The minimum atomic E-state index is 0.232. The van der Waals surface area contributed by atoms with Gasteiger partial charge in [-0.3, -0.25) is 0 Å². The summed E-state index contributed by atoms with van der Waals surface area (Å²) in [7, 11) is 0. The zero-order valence-corrected chi connectivity index (χ0v) is 12.5. The van der Waals surface area contributed by atoms with E-state index in [-0.39, 0.29) is 5.92 Å². The monoisotopic (exact) mass is 240 g/mol. The summed E-state index contributed by atoms with van der Waals surface area (Å²) in [6, 6.07) is 0. The van der Waals surface area contributed by atoms with Crippen molar-refractivity contribution in [1.29, 1.82) is 0 Å². The van der Waals surface area contributed by atoms with Gasteiger partial charge < -0.3 is 4.79 Å². The summed E-state index contributed by atoms with van der Waals surface area (Å²) in [5, 5.41) is 0. The molecule has 0 aromatic carbocycles. The fourth-order valence-electron chi connectivity index (χ4n) is 2.91. The van der Waals surface area contributed by atoms with Gasteiger partial charge in [-0.25, -0.2) is 0 Å². The summed E-state index contributed by atoms with van der Waals surface area (Å²) < 4.78 is 0. The second-order valence-electron chi connectivity index (χ2n) is 5.95. The SMILES string of the molecule is CCCCCC(C(C)C=O)C(CC)CC(C)C. The first-order valence-electron chi connectivity index (χ1n) is 7.51. The molecule has 0 heterocycles. The van der Waals surface area contributed by atoms with Crippen LogP contribution in [0.1, 0.15) is 73.1 Å². The van der Waals surface area contributed by atoms with Crippen molar-refractivity contribution in [3.63, 3.8) is 0 Å². The Morgan fingerprint density at radius 2 is 1.71 bits per heavy atom. The van der Waals surface area contributed by atoms with Gasteiger partial charge in [0.1, 0.15) is 6.29 Å². The first-order chi connectivity index (χ1) is 8.06. The van der Waals surface area contributed by atoms with Crippen LogP contribution in [0.3, 0.4) is 0 Å². The molecule has 17 heavy (non-hydrogen) atoms. The number of carbonyl (C=O) groups is 1. The topological polar surface area (TPSA) is 17.1 Å². The molecular formula is C16H32O. The van der Waals surface area contributed by atoms with E-state index in [0.717, 1.165) is 11.8 Å². The second kappa shape index (κ2) is 9.67. The Morgan fingerprint density at radius 3 is 2.12 bits per heavy atom. The minimum Gasteiger partial charge on any atom is -0.303 e. The summed E-state index contributed by atoms with van der Waals surface area (Å²) in [5.74, 6) is 2.31. The maximum atomic E-state index is 11.1. The molecule has 0 aromatic rings. The van der Waals surface area contributed by atoms with Crippen LogP contribution in [0.2, 0.25) is 0 Å². The average molecular weight is 240 g/mol. The number of hydrogen-bond donors (Lipinski definition) is 0. The van der Waals surface area contributed by atoms with Crippen LogP contribution in [0.5, 0.6) is 0 Å². The van der Waals surface area contributed by atoms with E-state index in [1.807, 2.05) is 0 Å². The number of rotatable bonds is 10. The molecule has 0 aliphatic carbocycles. The van der Waals surface area contributed by atoms with Gasteiger partial charge in [-0.2, -0.15) is 0 Å². The molecule has 102 valence electrons. The van der Waals surface area contributed by atoms with Gasteiger partial charge >= 0.3 is 0 Å². The average Bonchev–Trinajstić information content (AvgIpc) is 2.31. The van der Waals surface area contributed by atoms with E-state index < -0.39 is 0 Å². The van der Waals surface area contributed by atoms with Crippen LogP contribution in [-0.2, 0) is 4.79 Å². The molecule has 3 unspecified atom stereocenters. The Hall–Kier alpha value is -0.330. The zero-order valence-electron chi connectivity index (χ0n) is 12.5. The molecule has 0 radical (unpaired) electrons. The Morgan fingerprint density at radius 1 is 1.06 bits per heavy atom. The highest BCUT2D eigenvalue weighted by atomic mass is 16.1. The lowest BCUT2D eigenvalue weighted by molar-refractivity contribution is -0.112. The van der Waals surface area contributed by atoms with Gasteiger partial charge in [0.05, 0.1) is 0 Å². The number of hydrogen-bond acceptors (Lipinski definition) is 1. The van der Waals surface area contributed by atoms with Crippen LogP contribution in [0.4, 0.5) is 0 Å². The summed E-state index contributed by atoms with van der Waals surface area (Å²) in [6.45, 7) is 11.2. The lowest BCUT2D eigenvalue weighted by Crippen LogP contribution is -2.24. The fraction of sp³-hybridized carbons (Fsp3) is 0.938. The molecule has 0 fully saturated rings. The smallest absolute Gasteiger partial charge is 0.123 e. The van der Waals surface area contributed by atoms with Crippen molar-refractivity contribution in [3.05, 3.63) is 0 Å². The highest BCUT2D eigenvalue weighted by Gasteiger charge is 2.25. The molecule has 1 heteroatoms. The molecule has 0 aliphatic rings. The molecular weight excluding hydrogens is 208 g/mol. The number of carbonyl (C=O) groups excluding carboxylic acids is 1. The third kappa shape index (κ3) is 6.85. The quantitative estimate of drug-likeness (QED) is 0.384. The second-order valence-corrected chi connectivity index (χ2v) is 5.95. The molecule has 0 saturated heterocycles. The Kier molecular flexibility index (Phi) is 9.49. The maximum absolute atomic E-state index is 11.1. The third-order valence-corrected chi connectivity index (χ3v) is 3.94. The fourth-order valence-corrected chi connectivity index (χ4v) is 2.91. The normalized spacial score (nSPS) is 16.8. The molecule has 0 amide bonds. The van der Waals surface area contributed by atoms with Gasteiger partial charge in [-0.1, -0.05) is 60.3 Å². The molecule has 0 aromatic heterocycles. The van der Waals surface area contributed by atoms with E-state index >= 15 is 0 Å². The first kappa shape index (κ1) is 16.7. The lowest BCUT2D eigenvalue weighted by Gasteiger charge is -2.30. The predicted molar refractivity (Wildman–Crippen MR) is 76.1 cm³/mol. The molecule has 1 nitrogen and oxygen atoms in total. The summed E-state index contributed by atoms with van der Waals surface area (Å²) in [4.78, 5) is 11.1. The van der Waals surface area contributed by atoms with E-state index in [0.29, 0.717) is 5.92 Å². The third-order valence-electron chi connectivity index (χ3n) is 3.94. The highest BCUT2D eigenvalue weighted by molar-refractivity contribution is 5.53. The Labute approximate surface area is 108 Å². The summed E-state index contributed by atoms with van der Waals surface area (Å²) in [6.07, 6.45) is 8.74. The summed E-state index contributed by atoms with van der Waals surface area (Å²) >= 11 is 0. The van der Waals surface area contributed by atoms with Gasteiger partial charge in [0.25, 0.3) is 0 Å². The van der Waals surface area contributed by atoms with E-state index in [1.54, 1.807) is 0 Å². The Balaban J connectivity index is 4.44. The van der Waals surface area contributed by atoms with Gasteiger partial charge in [0.15, 0.2) is 0 Å². The molecule has 0 saturated carbocycles. The van der Waals surface area contributed by atoms with E-state index in [2.05, 4.69) is 34.6 Å². The van der Waals surface area contributed by atoms with Crippen molar-refractivity contribution >= 4 is 6.29 Å². The van der Waals surface area contributed by atoms with Crippen LogP contribution in [0, 0.1) is 23.7 Å². The van der Waals surface area contributed by atoms with Crippen LogP contribution in [0.25, 0.3) is 0 Å². The highest BCUT2D eigenvalue weighted by Crippen LogP contribution is 2.32. The number of unbranched alkanes of at least 4 members (excludes halogenated alkanes) is 2. The van der Waals surface area contributed by atoms with Crippen molar-refractivity contribution < 1.29 is 4.79 Å². The van der Waals surface area contributed by atoms with Gasteiger partial charge in [-0.15, -0.1) is 0 Å².